The molecule has 4 aromatic rings. The van der Waals surface area contributed by atoms with Crippen LogP contribution in [0.4, 0.5) is 0 Å². The van der Waals surface area contributed by atoms with Crippen LogP contribution < -0.4 is 10.1 Å². The first-order valence-corrected chi connectivity index (χ1v) is 9.64. The smallest absolute Gasteiger partial charge is 0.258 e. The van der Waals surface area contributed by atoms with Gasteiger partial charge in [0.05, 0.1) is 0 Å². The maximum Gasteiger partial charge on any atom is 0.258 e. The lowest BCUT2D eigenvalue weighted by Crippen LogP contribution is -2.28. The highest BCUT2D eigenvalue weighted by Gasteiger charge is 2.10. The van der Waals surface area contributed by atoms with Crippen LogP contribution in [0.15, 0.2) is 48.5 Å². The third kappa shape index (κ3) is 4.01. The SMILES string of the molecule is Cc1cccc(OCC(=O)NCc2ccc(-c3nn4c(C)nnc4s3)cc2)c1. The maximum absolute atomic E-state index is 12.0. The van der Waals surface area contributed by atoms with Crippen molar-refractivity contribution >= 4 is 22.2 Å². The second-order valence-electron chi connectivity index (χ2n) is 6.43. The van der Waals surface area contributed by atoms with E-state index in [0.717, 1.165) is 32.5 Å². The van der Waals surface area contributed by atoms with Crippen LogP contribution in [-0.2, 0) is 11.3 Å². The molecule has 0 aliphatic heterocycles. The molecule has 0 bridgehead atoms. The molecule has 0 aliphatic carbocycles. The number of aromatic nitrogens is 4. The summed E-state index contributed by atoms with van der Waals surface area (Å²) in [6, 6.07) is 15.6. The molecule has 0 saturated heterocycles. The van der Waals surface area contributed by atoms with Crippen molar-refractivity contribution in [3.05, 3.63) is 65.5 Å². The number of carbonyl (C=O) groups excluding carboxylic acids is 1. The van der Waals surface area contributed by atoms with E-state index in [1.807, 2.05) is 62.4 Å². The number of benzene rings is 2. The Labute approximate surface area is 166 Å². The van der Waals surface area contributed by atoms with Gasteiger partial charge in [0.2, 0.25) is 4.96 Å². The summed E-state index contributed by atoms with van der Waals surface area (Å²) in [6.07, 6.45) is 0. The average molecular weight is 393 g/mol. The first-order chi connectivity index (χ1) is 13.6. The molecule has 7 nitrogen and oxygen atoms in total. The molecule has 4 rings (SSSR count). The Morgan fingerprint density at radius 1 is 1.14 bits per heavy atom. The highest BCUT2D eigenvalue weighted by atomic mass is 32.1. The van der Waals surface area contributed by atoms with Gasteiger partial charge in [0.25, 0.3) is 5.91 Å². The summed E-state index contributed by atoms with van der Waals surface area (Å²) in [7, 11) is 0. The largest absolute Gasteiger partial charge is 0.484 e. The second-order valence-corrected chi connectivity index (χ2v) is 7.38. The van der Waals surface area contributed by atoms with Crippen molar-refractivity contribution in [3.63, 3.8) is 0 Å². The van der Waals surface area contributed by atoms with Gasteiger partial charge >= 0.3 is 0 Å². The third-order valence-corrected chi connectivity index (χ3v) is 5.14. The van der Waals surface area contributed by atoms with E-state index >= 15 is 0 Å². The summed E-state index contributed by atoms with van der Waals surface area (Å²) in [4.78, 5) is 12.8. The van der Waals surface area contributed by atoms with Crippen LogP contribution >= 0.6 is 11.3 Å². The van der Waals surface area contributed by atoms with E-state index in [9.17, 15) is 4.79 Å². The van der Waals surface area contributed by atoms with Gasteiger partial charge in [-0.1, -0.05) is 47.7 Å². The fourth-order valence-electron chi connectivity index (χ4n) is 2.70. The van der Waals surface area contributed by atoms with Gasteiger partial charge in [-0.3, -0.25) is 4.79 Å². The first kappa shape index (κ1) is 18.1. The van der Waals surface area contributed by atoms with Gasteiger partial charge in [-0.2, -0.15) is 9.61 Å². The van der Waals surface area contributed by atoms with Gasteiger partial charge in [-0.05, 0) is 37.1 Å². The zero-order chi connectivity index (χ0) is 19.5. The Morgan fingerprint density at radius 2 is 1.96 bits per heavy atom. The zero-order valence-electron chi connectivity index (χ0n) is 15.5. The van der Waals surface area contributed by atoms with E-state index in [-0.39, 0.29) is 12.5 Å². The van der Waals surface area contributed by atoms with Crippen molar-refractivity contribution in [3.8, 4) is 16.3 Å². The minimum Gasteiger partial charge on any atom is -0.484 e. The predicted molar refractivity (Wildman–Crippen MR) is 107 cm³/mol. The normalized spacial score (nSPS) is 10.9. The molecule has 0 spiro atoms. The van der Waals surface area contributed by atoms with Gasteiger partial charge in [-0.15, -0.1) is 10.2 Å². The molecular weight excluding hydrogens is 374 g/mol. The molecule has 0 unspecified atom stereocenters. The van der Waals surface area contributed by atoms with Crippen LogP contribution in [0.2, 0.25) is 0 Å². The summed E-state index contributed by atoms with van der Waals surface area (Å²) in [5.74, 6) is 1.30. The number of nitrogens with zero attached hydrogens (tertiary/aromatic N) is 4. The van der Waals surface area contributed by atoms with Crippen LogP contribution in [0.1, 0.15) is 17.0 Å². The van der Waals surface area contributed by atoms with Gasteiger partial charge in [0.15, 0.2) is 12.4 Å². The highest BCUT2D eigenvalue weighted by molar-refractivity contribution is 7.19. The quantitative estimate of drug-likeness (QED) is 0.544. The number of hydrogen-bond acceptors (Lipinski definition) is 6. The average Bonchev–Trinajstić information content (AvgIpc) is 3.27. The van der Waals surface area contributed by atoms with Crippen LogP contribution in [0, 0.1) is 13.8 Å². The molecule has 1 amide bonds. The molecule has 2 heterocycles. The summed E-state index contributed by atoms with van der Waals surface area (Å²) >= 11 is 1.49. The van der Waals surface area contributed by atoms with Crippen LogP contribution in [0.3, 0.4) is 0 Å². The summed E-state index contributed by atoms with van der Waals surface area (Å²) in [6.45, 7) is 4.30. The van der Waals surface area contributed by atoms with Gasteiger partial charge in [-0.25, -0.2) is 0 Å². The molecule has 1 N–H and O–H groups in total. The van der Waals surface area contributed by atoms with E-state index in [2.05, 4.69) is 20.6 Å². The fraction of sp³-hybridized carbons (Fsp3) is 0.200. The number of amides is 1. The lowest BCUT2D eigenvalue weighted by Gasteiger charge is -2.08. The van der Waals surface area contributed by atoms with Crippen molar-refractivity contribution in [1.82, 2.24) is 25.1 Å². The molecular formula is C20H19N5O2S. The summed E-state index contributed by atoms with van der Waals surface area (Å²) in [5.41, 5.74) is 3.11. The second kappa shape index (κ2) is 7.77. The number of nitrogens with one attached hydrogen (secondary N) is 1. The van der Waals surface area contributed by atoms with E-state index < -0.39 is 0 Å². The zero-order valence-corrected chi connectivity index (χ0v) is 16.4. The predicted octanol–water partition coefficient (Wildman–Crippen LogP) is 3.16. The van der Waals surface area contributed by atoms with E-state index in [1.165, 1.54) is 11.3 Å². The topological polar surface area (TPSA) is 81.4 Å². The molecule has 8 heteroatoms. The highest BCUT2D eigenvalue weighted by Crippen LogP contribution is 2.25. The van der Waals surface area contributed by atoms with Gasteiger partial charge < -0.3 is 10.1 Å². The van der Waals surface area contributed by atoms with Crippen LogP contribution in [0.25, 0.3) is 15.5 Å². The number of ether oxygens (including phenoxy) is 1. The van der Waals surface area contributed by atoms with Crippen molar-refractivity contribution in [2.45, 2.75) is 20.4 Å². The number of fused-ring (bicyclic) bond motifs is 1. The van der Waals surface area contributed by atoms with Gasteiger partial charge in [0, 0.05) is 12.1 Å². The van der Waals surface area contributed by atoms with Crippen molar-refractivity contribution in [2.24, 2.45) is 0 Å². The molecule has 2 aromatic carbocycles. The number of carbonyl (C=O) groups is 1. The van der Waals surface area contributed by atoms with E-state index in [4.69, 9.17) is 4.74 Å². The number of aryl methyl sites for hydroxylation is 2. The van der Waals surface area contributed by atoms with Crippen LogP contribution in [-0.4, -0.2) is 32.3 Å². The Kier molecular flexibility index (Phi) is 5.03. The molecule has 2 aromatic heterocycles. The number of hydrogen-bond donors (Lipinski definition) is 1. The summed E-state index contributed by atoms with van der Waals surface area (Å²) in [5, 5.41) is 16.4. The molecule has 0 saturated carbocycles. The monoisotopic (exact) mass is 393 g/mol. The Balaban J connectivity index is 1.32. The molecule has 0 aliphatic rings. The third-order valence-electron chi connectivity index (χ3n) is 4.20. The first-order valence-electron chi connectivity index (χ1n) is 8.83. The maximum atomic E-state index is 12.0. The molecule has 0 atom stereocenters. The van der Waals surface area contributed by atoms with Crippen molar-refractivity contribution in [1.29, 1.82) is 0 Å². The van der Waals surface area contributed by atoms with Gasteiger partial charge in [0.1, 0.15) is 10.8 Å². The van der Waals surface area contributed by atoms with Crippen LogP contribution in [0.5, 0.6) is 5.75 Å². The standard InChI is InChI=1S/C20H19N5O2S/c1-13-4-3-5-17(10-13)27-12-18(26)21-11-15-6-8-16(9-7-15)19-24-25-14(2)22-23-20(25)28-19/h3-10H,11-12H2,1-2H3,(H,21,26). The minimum atomic E-state index is -0.158. The van der Waals surface area contributed by atoms with E-state index in [1.54, 1.807) is 4.52 Å². The molecule has 0 fully saturated rings. The lowest BCUT2D eigenvalue weighted by molar-refractivity contribution is -0.123. The molecule has 28 heavy (non-hydrogen) atoms. The Hall–Kier alpha value is -3.26. The van der Waals surface area contributed by atoms with E-state index in [0.29, 0.717) is 12.3 Å². The minimum absolute atomic E-state index is 0.00612. The van der Waals surface area contributed by atoms with Crippen molar-refractivity contribution in [2.75, 3.05) is 6.61 Å². The van der Waals surface area contributed by atoms with Crippen molar-refractivity contribution < 1.29 is 9.53 Å². The Bertz CT molecular complexity index is 1120. The molecule has 142 valence electrons. The molecule has 0 radical (unpaired) electrons. The summed E-state index contributed by atoms with van der Waals surface area (Å²) < 4.78 is 7.25. The fourth-order valence-corrected chi connectivity index (χ4v) is 3.59. The lowest BCUT2D eigenvalue weighted by atomic mass is 10.1. The Morgan fingerprint density at radius 3 is 2.71 bits per heavy atom. The number of rotatable bonds is 6.